The molecule has 130 valence electrons. The van der Waals surface area contributed by atoms with Crippen LogP contribution in [0.25, 0.3) is 0 Å². The van der Waals surface area contributed by atoms with Crippen LogP contribution in [0.4, 0.5) is 4.79 Å². The molecule has 1 saturated heterocycles. The number of nitrogens with zero attached hydrogens (tertiary/aromatic N) is 2. The Labute approximate surface area is 143 Å². The lowest BCUT2D eigenvalue weighted by Crippen LogP contribution is -2.43. The summed E-state index contributed by atoms with van der Waals surface area (Å²) in [5.41, 5.74) is 1.50. The van der Waals surface area contributed by atoms with E-state index in [9.17, 15) is 9.59 Å². The van der Waals surface area contributed by atoms with Gasteiger partial charge in [0.25, 0.3) is 5.91 Å². The van der Waals surface area contributed by atoms with Crippen LogP contribution in [0.5, 0.6) is 0 Å². The van der Waals surface area contributed by atoms with Crippen LogP contribution in [0.2, 0.25) is 0 Å². The summed E-state index contributed by atoms with van der Waals surface area (Å²) in [4.78, 5) is 28.3. The highest BCUT2D eigenvalue weighted by Crippen LogP contribution is 2.26. The number of benzene rings is 1. The largest absolute Gasteiger partial charge is 0.444 e. The monoisotopic (exact) mass is 330 g/mol. The smallest absolute Gasteiger partial charge is 0.410 e. The summed E-state index contributed by atoms with van der Waals surface area (Å²) in [6, 6.07) is 7.83. The first-order valence-corrected chi connectivity index (χ1v) is 8.68. The van der Waals surface area contributed by atoms with Crippen LogP contribution in [-0.4, -0.2) is 47.0 Å². The lowest BCUT2D eigenvalue weighted by Gasteiger charge is -2.34. The molecular weight excluding hydrogens is 304 g/mol. The van der Waals surface area contributed by atoms with E-state index in [1.54, 1.807) is 4.90 Å². The maximum absolute atomic E-state index is 12.4. The summed E-state index contributed by atoms with van der Waals surface area (Å²) in [7, 11) is 0. The molecule has 0 radical (unpaired) electrons. The van der Waals surface area contributed by atoms with Crippen molar-refractivity contribution in [2.45, 2.75) is 45.8 Å². The zero-order chi connectivity index (χ0) is 17.3. The van der Waals surface area contributed by atoms with E-state index in [0.29, 0.717) is 25.6 Å². The third kappa shape index (κ3) is 3.71. The fourth-order valence-electron chi connectivity index (χ4n) is 3.40. The molecule has 24 heavy (non-hydrogen) atoms. The van der Waals surface area contributed by atoms with Crippen LogP contribution in [0.1, 0.15) is 49.5 Å². The number of piperidine rings is 1. The second-order valence-corrected chi connectivity index (χ2v) is 7.75. The second kappa shape index (κ2) is 6.46. The Kier molecular flexibility index (Phi) is 4.52. The number of fused-ring (bicyclic) bond motifs is 1. The quantitative estimate of drug-likeness (QED) is 0.836. The van der Waals surface area contributed by atoms with Crippen molar-refractivity contribution in [3.8, 4) is 0 Å². The molecule has 0 aromatic heterocycles. The van der Waals surface area contributed by atoms with Gasteiger partial charge < -0.3 is 14.5 Å². The lowest BCUT2D eigenvalue weighted by atomic mass is 9.96. The highest BCUT2D eigenvalue weighted by Gasteiger charge is 2.31. The highest BCUT2D eigenvalue weighted by atomic mass is 16.6. The number of amides is 2. The van der Waals surface area contributed by atoms with Crippen molar-refractivity contribution < 1.29 is 14.3 Å². The van der Waals surface area contributed by atoms with Crippen LogP contribution in [0, 0.1) is 5.92 Å². The molecule has 0 atom stereocenters. The standard InChI is InChI=1S/C19H26N2O3/c1-19(2,3)24-18(23)20-10-8-14(9-11-20)12-21-13-15-6-4-5-7-16(15)17(21)22/h4-7,14H,8-13H2,1-3H3. The molecule has 2 aliphatic rings. The summed E-state index contributed by atoms with van der Waals surface area (Å²) in [5.74, 6) is 0.585. The molecule has 2 aliphatic heterocycles. The maximum Gasteiger partial charge on any atom is 0.410 e. The minimum Gasteiger partial charge on any atom is -0.444 e. The van der Waals surface area contributed by atoms with Crippen molar-refractivity contribution in [1.29, 1.82) is 0 Å². The first-order chi connectivity index (χ1) is 11.3. The summed E-state index contributed by atoms with van der Waals surface area (Å²) in [5, 5.41) is 0. The van der Waals surface area contributed by atoms with E-state index in [-0.39, 0.29) is 12.0 Å². The molecule has 2 heterocycles. The Hall–Kier alpha value is -2.04. The molecule has 5 nitrogen and oxygen atoms in total. The Morgan fingerprint density at radius 3 is 2.50 bits per heavy atom. The number of carbonyl (C=O) groups excluding carboxylic acids is 2. The zero-order valence-electron chi connectivity index (χ0n) is 14.7. The number of carbonyl (C=O) groups is 2. The van der Waals surface area contributed by atoms with E-state index < -0.39 is 5.60 Å². The third-order valence-electron chi connectivity index (χ3n) is 4.64. The average Bonchev–Trinajstić information content (AvgIpc) is 2.83. The van der Waals surface area contributed by atoms with Crippen molar-refractivity contribution in [1.82, 2.24) is 9.80 Å². The summed E-state index contributed by atoms with van der Waals surface area (Å²) in [6.45, 7) is 8.54. The highest BCUT2D eigenvalue weighted by molar-refractivity contribution is 5.98. The molecule has 1 fully saturated rings. The van der Waals surface area contributed by atoms with Crippen LogP contribution in [0.15, 0.2) is 24.3 Å². The number of ether oxygens (including phenoxy) is 1. The summed E-state index contributed by atoms with van der Waals surface area (Å²) >= 11 is 0. The van der Waals surface area contributed by atoms with Crippen LogP contribution >= 0.6 is 0 Å². The van der Waals surface area contributed by atoms with Crippen LogP contribution in [0.3, 0.4) is 0 Å². The SMILES string of the molecule is CC(C)(C)OC(=O)N1CCC(CN2Cc3ccccc3C2=O)CC1. The summed E-state index contributed by atoms with van der Waals surface area (Å²) in [6.07, 6.45) is 1.60. The molecule has 0 bridgehead atoms. The lowest BCUT2D eigenvalue weighted by molar-refractivity contribution is 0.0167. The molecule has 3 rings (SSSR count). The molecule has 1 aromatic rings. The number of hydrogen-bond donors (Lipinski definition) is 0. The minimum absolute atomic E-state index is 0.139. The summed E-state index contributed by atoms with van der Waals surface area (Å²) < 4.78 is 5.43. The number of rotatable bonds is 2. The van der Waals surface area contributed by atoms with Gasteiger partial charge in [0, 0.05) is 31.7 Å². The van der Waals surface area contributed by atoms with Crippen molar-refractivity contribution in [2.75, 3.05) is 19.6 Å². The van der Waals surface area contributed by atoms with Gasteiger partial charge >= 0.3 is 6.09 Å². The van der Waals surface area contributed by atoms with Crippen LogP contribution in [-0.2, 0) is 11.3 Å². The topological polar surface area (TPSA) is 49.9 Å². The predicted molar refractivity (Wildman–Crippen MR) is 91.7 cm³/mol. The van der Waals surface area contributed by atoms with E-state index >= 15 is 0 Å². The maximum atomic E-state index is 12.4. The molecule has 2 amide bonds. The normalized spacial score (nSPS) is 18.7. The van der Waals surface area contributed by atoms with Gasteiger partial charge in [-0.1, -0.05) is 18.2 Å². The van der Waals surface area contributed by atoms with Crippen molar-refractivity contribution in [3.63, 3.8) is 0 Å². The molecule has 0 N–H and O–H groups in total. The first-order valence-electron chi connectivity index (χ1n) is 8.68. The number of hydrogen-bond acceptors (Lipinski definition) is 3. The van der Waals surface area contributed by atoms with E-state index in [1.165, 1.54) is 0 Å². The Morgan fingerprint density at radius 1 is 1.21 bits per heavy atom. The molecule has 5 heteroatoms. The second-order valence-electron chi connectivity index (χ2n) is 7.75. The Balaban J connectivity index is 1.50. The minimum atomic E-state index is -0.457. The molecular formula is C19H26N2O3. The molecule has 1 aromatic carbocycles. The van der Waals surface area contributed by atoms with E-state index in [1.807, 2.05) is 49.9 Å². The van der Waals surface area contributed by atoms with Crippen molar-refractivity contribution in [2.24, 2.45) is 5.92 Å². The fraction of sp³-hybridized carbons (Fsp3) is 0.579. The number of likely N-dealkylation sites (tertiary alicyclic amines) is 1. The fourth-order valence-corrected chi connectivity index (χ4v) is 3.40. The van der Waals surface area contributed by atoms with E-state index in [0.717, 1.165) is 30.5 Å². The van der Waals surface area contributed by atoms with Gasteiger partial charge in [-0.15, -0.1) is 0 Å². The Morgan fingerprint density at radius 2 is 1.88 bits per heavy atom. The zero-order valence-corrected chi connectivity index (χ0v) is 14.7. The molecule has 0 saturated carbocycles. The molecule has 0 spiro atoms. The van der Waals surface area contributed by atoms with Gasteiger partial charge in [0.05, 0.1) is 0 Å². The van der Waals surface area contributed by atoms with Crippen molar-refractivity contribution >= 4 is 12.0 Å². The van der Waals surface area contributed by atoms with Gasteiger partial charge in [-0.2, -0.15) is 0 Å². The Bertz CT molecular complexity index is 628. The van der Waals surface area contributed by atoms with E-state index in [2.05, 4.69) is 0 Å². The van der Waals surface area contributed by atoms with Gasteiger partial charge in [-0.05, 0) is 51.2 Å². The van der Waals surface area contributed by atoms with Gasteiger partial charge in [0.15, 0.2) is 0 Å². The van der Waals surface area contributed by atoms with E-state index in [4.69, 9.17) is 4.74 Å². The van der Waals surface area contributed by atoms with Crippen LogP contribution < -0.4 is 0 Å². The molecule has 0 unspecified atom stereocenters. The predicted octanol–water partition coefficient (Wildman–Crippen LogP) is 3.29. The molecule has 0 aliphatic carbocycles. The first kappa shape index (κ1) is 16.8. The van der Waals surface area contributed by atoms with Gasteiger partial charge in [-0.25, -0.2) is 4.79 Å². The third-order valence-corrected chi connectivity index (χ3v) is 4.64. The van der Waals surface area contributed by atoms with Crippen molar-refractivity contribution in [3.05, 3.63) is 35.4 Å². The van der Waals surface area contributed by atoms with Gasteiger partial charge in [-0.3, -0.25) is 4.79 Å². The average molecular weight is 330 g/mol. The van der Waals surface area contributed by atoms with Gasteiger partial charge in [0.2, 0.25) is 0 Å². The van der Waals surface area contributed by atoms with Gasteiger partial charge in [0.1, 0.15) is 5.60 Å².